The van der Waals surface area contributed by atoms with Crippen LogP contribution in [-0.4, -0.2) is 25.9 Å². The largest absolute Gasteiger partial charge is 0.350 e. The molecule has 0 saturated heterocycles. The molecule has 2 heterocycles. The van der Waals surface area contributed by atoms with Gasteiger partial charge in [0.05, 0.1) is 0 Å². The van der Waals surface area contributed by atoms with Gasteiger partial charge in [-0.2, -0.15) is 0 Å². The van der Waals surface area contributed by atoms with Crippen LogP contribution in [0, 0.1) is 5.82 Å². The van der Waals surface area contributed by atoms with E-state index >= 15 is 0 Å². The third-order valence-corrected chi connectivity index (χ3v) is 7.29. The number of halogens is 1. The maximum atomic E-state index is 13.0. The fourth-order valence-electron chi connectivity index (χ4n) is 2.43. The van der Waals surface area contributed by atoms with Crippen LogP contribution in [0.15, 0.2) is 70.5 Å². The minimum atomic E-state index is -3.69. The van der Waals surface area contributed by atoms with Crippen LogP contribution in [0.5, 0.6) is 0 Å². The number of nitrogens with one attached hydrogen (secondary N) is 1. The fraction of sp³-hybridized carbons (Fsp3) is 0.111. The molecular weight excluding hydrogens is 375 g/mol. The van der Waals surface area contributed by atoms with Gasteiger partial charge in [-0.3, -0.25) is 9.78 Å². The number of carbonyl (C=O) groups excluding carboxylic acids is 1. The highest BCUT2D eigenvalue weighted by molar-refractivity contribution is 7.93. The van der Waals surface area contributed by atoms with Gasteiger partial charge in [0.2, 0.25) is 0 Å². The molecule has 0 unspecified atom stereocenters. The number of nitrogens with zero attached hydrogens (tertiary/aromatic N) is 1. The molecule has 1 N–H and O–H groups in total. The second-order valence-corrected chi connectivity index (χ2v) is 8.77. The second-order valence-electron chi connectivity index (χ2n) is 5.47. The van der Waals surface area contributed by atoms with Crippen LogP contribution in [0.1, 0.15) is 21.2 Å². The number of aromatic nitrogens is 1. The maximum Gasteiger partial charge on any atom is 0.251 e. The minimum absolute atomic E-state index is 0.123. The van der Waals surface area contributed by atoms with Gasteiger partial charge in [-0.1, -0.05) is 12.1 Å². The smallest absolute Gasteiger partial charge is 0.251 e. The van der Waals surface area contributed by atoms with E-state index in [-0.39, 0.29) is 16.3 Å². The predicted molar refractivity (Wildman–Crippen MR) is 97.2 cm³/mol. The number of amides is 1. The fourth-order valence-corrected chi connectivity index (χ4v) is 5.28. The monoisotopic (exact) mass is 390 g/mol. The first-order valence-electron chi connectivity index (χ1n) is 7.69. The number of pyridine rings is 1. The SMILES string of the molecule is O=C(NC[C@H](c1cccnc1)S(=O)(=O)c1cccs1)c1ccc(F)cc1. The van der Waals surface area contributed by atoms with Crippen molar-refractivity contribution < 1.29 is 17.6 Å². The van der Waals surface area contributed by atoms with Crippen molar-refractivity contribution in [2.75, 3.05) is 6.54 Å². The van der Waals surface area contributed by atoms with Crippen LogP contribution in [0.4, 0.5) is 4.39 Å². The summed E-state index contributed by atoms with van der Waals surface area (Å²) in [6.45, 7) is -0.123. The lowest BCUT2D eigenvalue weighted by atomic mass is 10.2. The van der Waals surface area contributed by atoms with Crippen molar-refractivity contribution in [1.29, 1.82) is 0 Å². The number of hydrogen-bond donors (Lipinski definition) is 1. The molecule has 2 aromatic heterocycles. The van der Waals surface area contributed by atoms with Gasteiger partial charge in [-0.05, 0) is 47.3 Å². The number of hydrogen-bond acceptors (Lipinski definition) is 5. The molecule has 0 bridgehead atoms. The molecule has 0 aliphatic rings. The van der Waals surface area contributed by atoms with E-state index in [1.54, 1.807) is 29.8 Å². The molecule has 134 valence electrons. The van der Waals surface area contributed by atoms with E-state index in [0.29, 0.717) is 5.56 Å². The lowest BCUT2D eigenvalue weighted by Crippen LogP contribution is -2.31. The minimum Gasteiger partial charge on any atom is -0.350 e. The summed E-state index contributed by atoms with van der Waals surface area (Å²) in [5.74, 6) is -0.921. The molecule has 0 spiro atoms. The Kier molecular flexibility index (Phi) is 5.43. The summed E-state index contributed by atoms with van der Waals surface area (Å²) in [5, 5.41) is 3.33. The van der Waals surface area contributed by atoms with Crippen molar-refractivity contribution >= 4 is 27.1 Å². The van der Waals surface area contributed by atoms with Gasteiger partial charge in [0.25, 0.3) is 5.91 Å². The van der Waals surface area contributed by atoms with Crippen molar-refractivity contribution in [3.63, 3.8) is 0 Å². The van der Waals surface area contributed by atoms with Gasteiger partial charge in [-0.25, -0.2) is 12.8 Å². The number of thiophene rings is 1. The first-order chi connectivity index (χ1) is 12.5. The summed E-state index contributed by atoms with van der Waals surface area (Å²) < 4.78 is 39.1. The Morgan fingerprint density at radius 1 is 1.15 bits per heavy atom. The Morgan fingerprint density at radius 3 is 2.54 bits per heavy atom. The third-order valence-electron chi connectivity index (χ3n) is 3.76. The molecule has 3 rings (SSSR count). The molecule has 1 amide bonds. The Balaban J connectivity index is 1.85. The lowest BCUT2D eigenvalue weighted by Gasteiger charge is -2.17. The maximum absolute atomic E-state index is 13.0. The van der Waals surface area contributed by atoms with Crippen molar-refractivity contribution in [2.24, 2.45) is 0 Å². The average molecular weight is 390 g/mol. The highest BCUT2D eigenvalue weighted by atomic mass is 32.2. The van der Waals surface area contributed by atoms with Crippen LogP contribution >= 0.6 is 11.3 Å². The summed E-state index contributed by atoms with van der Waals surface area (Å²) in [6.07, 6.45) is 3.02. The summed E-state index contributed by atoms with van der Waals surface area (Å²) in [5.41, 5.74) is 0.741. The summed E-state index contributed by atoms with van der Waals surface area (Å²) in [6, 6.07) is 11.5. The molecule has 8 heteroatoms. The van der Waals surface area contributed by atoms with E-state index in [4.69, 9.17) is 0 Å². The van der Waals surface area contributed by atoms with E-state index in [2.05, 4.69) is 10.3 Å². The van der Waals surface area contributed by atoms with Crippen LogP contribution in [0.2, 0.25) is 0 Å². The summed E-state index contributed by atoms with van der Waals surface area (Å²) in [7, 11) is -3.69. The first kappa shape index (κ1) is 18.2. The third kappa shape index (κ3) is 3.97. The van der Waals surface area contributed by atoms with Gasteiger partial charge >= 0.3 is 0 Å². The quantitative estimate of drug-likeness (QED) is 0.701. The van der Waals surface area contributed by atoms with E-state index in [1.807, 2.05) is 0 Å². The van der Waals surface area contributed by atoms with Crippen LogP contribution in [-0.2, 0) is 9.84 Å². The van der Waals surface area contributed by atoms with Gasteiger partial charge in [-0.15, -0.1) is 11.3 Å². The number of carbonyl (C=O) groups is 1. The van der Waals surface area contributed by atoms with Gasteiger partial charge < -0.3 is 5.32 Å². The molecule has 5 nitrogen and oxygen atoms in total. The Hall–Kier alpha value is -2.58. The Labute approximate surface area is 154 Å². The highest BCUT2D eigenvalue weighted by Gasteiger charge is 2.30. The molecule has 0 aliphatic heterocycles. The van der Waals surface area contributed by atoms with Crippen molar-refractivity contribution in [2.45, 2.75) is 9.46 Å². The molecule has 3 aromatic rings. The average Bonchev–Trinajstić information content (AvgIpc) is 3.18. The second kappa shape index (κ2) is 7.76. The molecule has 1 atom stereocenters. The van der Waals surface area contributed by atoms with Crippen LogP contribution in [0.3, 0.4) is 0 Å². The van der Waals surface area contributed by atoms with Crippen molar-refractivity contribution in [3.05, 3.63) is 83.2 Å². The molecular formula is C18H15FN2O3S2. The first-order valence-corrected chi connectivity index (χ1v) is 10.1. The molecule has 0 fully saturated rings. The summed E-state index contributed by atoms with van der Waals surface area (Å²) in [4.78, 5) is 16.2. The zero-order valence-electron chi connectivity index (χ0n) is 13.5. The molecule has 0 aliphatic carbocycles. The van der Waals surface area contributed by atoms with E-state index in [0.717, 1.165) is 11.3 Å². The molecule has 0 saturated carbocycles. The molecule has 0 radical (unpaired) electrons. The topological polar surface area (TPSA) is 76.1 Å². The Bertz CT molecular complexity index is 973. The number of sulfone groups is 1. The highest BCUT2D eigenvalue weighted by Crippen LogP contribution is 2.30. The van der Waals surface area contributed by atoms with Crippen LogP contribution in [0.25, 0.3) is 0 Å². The zero-order valence-corrected chi connectivity index (χ0v) is 15.1. The van der Waals surface area contributed by atoms with Gasteiger partial charge in [0.15, 0.2) is 9.84 Å². The van der Waals surface area contributed by atoms with Gasteiger partial charge in [0.1, 0.15) is 15.3 Å². The zero-order chi connectivity index (χ0) is 18.6. The van der Waals surface area contributed by atoms with Crippen LogP contribution < -0.4 is 5.32 Å². The normalized spacial score (nSPS) is 12.5. The Morgan fingerprint density at radius 2 is 1.92 bits per heavy atom. The lowest BCUT2D eigenvalue weighted by molar-refractivity contribution is 0.0953. The van der Waals surface area contributed by atoms with Crippen molar-refractivity contribution in [3.8, 4) is 0 Å². The van der Waals surface area contributed by atoms with Gasteiger partial charge in [0, 0.05) is 24.5 Å². The standard InChI is InChI=1S/C18H15FN2O3S2/c19-15-7-5-13(6-8-15)18(22)21-12-16(14-3-1-9-20-11-14)26(23,24)17-4-2-10-25-17/h1-11,16H,12H2,(H,21,22)/t16-/m1/s1. The van der Waals surface area contributed by atoms with E-state index in [9.17, 15) is 17.6 Å². The van der Waals surface area contributed by atoms with E-state index in [1.165, 1.54) is 36.5 Å². The predicted octanol–water partition coefficient (Wildman–Crippen LogP) is 3.23. The summed E-state index contributed by atoms with van der Waals surface area (Å²) >= 11 is 1.12. The number of benzene rings is 1. The van der Waals surface area contributed by atoms with E-state index < -0.39 is 26.8 Å². The number of rotatable bonds is 6. The van der Waals surface area contributed by atoms with Crippen molar-refractivity contribution in [1.82, 2.24) is 10.3 Å². The molecule has 26 heavy (non-hydrogen) atoms. The molecule has 1 aromatic carbocycles.